The first-order valence-electron chi connectivity index (χ1n) is 0.921. The summed E-state index contributed by atoms with van der Waals surface area (Å²) in [6.45, 7) is 3.12. The minimum atomic E-state index is 1.18. The van der Waals surface area contributed by atoms with E-state index in [1.165, 1.54) is 6.08 Å². The molecular weight excluding hydrogens is 49.0 g/mol. The highest BCUT2D eigenvalue weighted by Gasteiger charge is 1.34. The van der Waals surface area contributed by atoms with E-state index in [4.69, 9.17) is 5.26 Å². The molecule has 0 aromatic heterocycles. The van der Waals surface area contributed by atoms with Gasteiger partial charge in [0.2, 0.25) is 0 Å². The van der Waals surface area contributed by atoms with Gasteiger partial charge in [-0.05, 0) is 0 Å². The van der Waals surface area contributed by atoms with Crippen LogP contribution in [0.25, 0.3) is 0 Å². The van der Waals surface area contributed by atoms with E-state index < -0.39 is 0 Å². The highest BCUT2D eigenvalue weighted by Crippen LogP contribution is 1.41. The lowest BCUT2D eigenvalue weighted by Crippen LogP contribution is -1.23. The number of hydrogen-bond donors (Lipinski definition) is 0. The Morgan fingerprint density at radius 1 is 2.00 bits per heavy atom. The van der Waals surface area contributed by atoms with Crippen LogP contribution in [-0.2, 0) is 0 Å². The highest BCUT2D eigenvalue weighted by molar-refractivity contribution is 4.93. The lowest BCUT2D eigenvalue weighted by Gasteiger charge is -1.31. The first kappa shape index (κ1) is 3.23. The molecule has 0 aromatic rings. The van der Waals surface area contributed by atoms with Crippen LogP contribution in [0.15, 0.2) is 12.7 Å². The van der Waals surface area contributed by atoms with Crippen molar-refractivity contribution in [2.24, 2.45) is 0 Å². The predicted octanol–water partition coefficient (Wildman–Crippen LogP) is 0.696. The second-order valence-corrected chi connectivity index (χ2v) is 0.333. The molecule has 0 aliphatic rings. The highest BCUT2D eigenvalue weighted by atomic mass is 14.1. The normalized spacial score (nSPS) is 3.75. The van der Waals surface area contributed by atoms with Crippen LogP contribution >= 0.6 is 0 Å². The summed E-state index contributed by atoms with van der Waals surface area (Å²) in [5, 5.41) is 7.51. The monoisotopic (exact) mass is 52.0 g/mol. The van der Waals surface area contributed by atoms with E-state index in [-0.39, 0.29) is 0 Å². The first-order valence-corrected chi connectivity index (χ1v) is 0.921. The molecular formula is C3H3N. The topological polar surface area (TPSA) is 23.8 Å². The summed E-state index contributed by atoms with van der Waals surface area (Å²) >= 11 is 0. The maximum atomic E-state index is 7.51. The van der Waals surface area contributed by atoms with Crippen LogP contribution in [0.4, 0.5) is 0 Å². The number of nitriles is 1. The molecule has 0 spiro atoms. The number of nitrogens with zero attached hydrogens (tertiary/aromatic N) is 1. The molecule has 1 nitrogen and oxygen atoms in total. The van der Waals surface area contributed by atoms with Crippen molar-refractivity contribution < 1.29 is 0 Å². The Morgan fingerprint density at radius 3 is 2.25 bits per heavy atom. The van der Waals surface area contributed by atoms with Crippen LogP contribution in [0.5, 0.6) is 0 Å². The van der Waals surface area contributed by atoms with Crippen molar-refractivity contribution in [3.05, 3.63) is 12.7 Å². The number of hydrogen-bond acceptors (Lipinski definition) is 1. The molecule has 0 unspecified atom stereocenters. The van der Waals surface area contributed by atoms with Crippen molar-refractivity contribution in [3.8, 4) is 6.07 Å². The van der Waals surface area contributed by atoms with Crippen molar-refractivity contribution in [1.82, 2.24) is 0 Å². The minimum Gasteiger partial charge on any atom is -0.193 e. The van der Waals surface area contributed by atoms with E-state index in [1.54, 1.807) is 6.07 Å². The summed E-state index contributed by atoms with van der Waals surface area (Å²) < 4.78 is 0. The fraction of sp³-hybridized carbons (Fsp3) is 0. The molecule has 0 bridgehead atoms. The molecule has 20 valence electrons. The van der Waals surface area contributed by atoms with Gasteiger partial charge in [-0.3, -0.25) is 0 Å². The van der Waals surface area contributed by atoms with E-state index >= 15 is 0 Å². The Morgan fingerprint density at radius 2 is 2.25 bits per heavy atom. The average molecular weight is 52.1 g/mol. The zero-order chi connectivity index (χ0) is 3.41. The van der Waals surface area contributed by atoms with Gasteiger partial charge < -0.3 is 0 Å². The molecule has 0 amide bonds. The molecule has 0 aromatic carbocycles. The van der Waals surface area contributed by atoms with Gasteiger partial charge in [0, 0.05) is 6.08 Å². The predicted molar refractivity (Wildman–Crippen MR) is 15.8 cm³/mol. The van der Waals surface area contributed by atoms with Crippen molar-refractivity contribution in [1.29, 1.82) is 5.26 Å². The summed E-state index contributed by atoms with van der Waals surface area (Å²) in [7, 11) is 0. The van der Waals surface area contributed by atoms with Gasteiger partial charge in [-0.15, -0.1) is 0 Å². The smallest absolute Gasteiger partial charge is 0.0905 e. The summed E-state index contributed by atoms with van der Waals surface area (Å²) in [6.07, 6.45) is 1.18. The Labute approximate surface area is 25.2 Å². The van der Waals surface area contributed by atoms with Crippen LogP contribution in [0.2, 0.25) is 0 Å². The molecule has 0 atom stereocenters. The third kappa shape index (κ3) is 1.23. The van der Waals surface area contributed by atoms with E-state index in [9.17, 15) is 0 Å². The maximum absolute atomic E-state index is 7.51. The number of rotatable bonds is 0. The Balaban J connectivity index is 2.92. The molecule has 0 saturated heterocycles. The van der Waals surface area contributed by atoms with Gasteiger partial charge in [0.1, 0.15) is 0 Å². The van der Waals surface area contributed by atoms with Crippen LogP contribution in [0.1, 0.15) is 0 Å². The molecule has 0 heterocycles. The van der Waals surface area contributed by atoms with E-state index in [0.29, 0.717) is 0 Å². The molecule has 0 N–H and O–H groups in total. The maximum Gasteiger partial charge on any atom is 0.0905 e. The molecule has 1 heteroatoms. The second kappa shape index (κ2) is 2.23. The zero-order valence-corrected chi connectivity index (χ0v) is 2.23. The average Bonchev–Trinajstić information content (AvgIpc) is 1.37. The molecule has 0 aliphatic heterocycles. The first-order chi connectivity index (χ1) is 1.91. The van der Waals surface area contributed by atoms with Crippen molar-refractivity contribution >= 4 is 0 Å². The summed E-state index contributed by atoms with van der Waals surface area (Å²) in [6, 6.07) is 1.69. The van der Waals surface area contributed by atoms with Gasteiger partial charge in [0.15, 0.2) is 0 Å². The van der Waals surface area contributed by atoms with Crippen LogP contribution in [0, 0.1) is 11.3 Å². The lowest BCUT2D eigenvalue weighted by atomic mass is 10.2. The SMILES string of the molecule is C=C[11C]#N. The second-order valence-electron chi connectivity index (χ2n) is 0.333. The number of allylic oxidation sites excluding steroid dienone is 1. The van der Waals surface area contributed by atoms with E-state index in [1.807, 2.05) is 0 Å². The van der Waals surface area contributed by atoms with Crippen LogP contribution < -0.4 is 0 Å². The van der Waals surface area contributed by atoms with Crippen LogP contribution in [-0.4, -0.2) is 0 Å². The van der Waals surface area contributed by atoms with Gasteiger partial charge >= 0.3 is 0 Å². The minimum absolute atomic E-state index is 1.18. The zero-order valence-electron chi connectivity index (χ0n) is 2.23. The summed E-state index contributed by atoms with van der Waals surface area (Å²) in [5.41, 5.74) is 0. The fourth-order valence-electron chi connectivity index (χ4n) is 0. The van der Waals surface area contributed by atoms with Crippen molar-refractivity contribution in [2.45, 2.75) is 0 Å². The third-order valence-corrected chi connectivity index (χ3v) is 0.0913. The van der Waals surface area contributed by atoms with Crippen molar-refractivity contribution in [3.63, 3.8) is 0 Å². The molecule has 0 saturated carbocycles. The standard InChI is InChI=1S/C3H3N/c1-2-3-4/h2H,1H2/i3-1. The largest absolute Gasteiger partial charge is 0.193 e. The van der Waals surface area contributed by atoms with Gasteiger partial charge in [-0.25, -0.2) is 0 Å². The van der Waals surface area contributed by atoms with Crippen molar-refractivity contribution in [2.75, 3.05) is 0 Å². The lowest BCUT2D eigenvalue weighted by molar-refractivity contribution is 1.54. The van der Waals surface area contributed by atoms with Gasteiger partial charge in [-0.1, -0.05) is 6.58 Å². The Kier molecular flexibility index (Phi) is 1.80. The third-order valence-electron chi connectivity index (χ3n) is 0.0913. The Hall–Kier alpha value is -0.770. The van der Waals surface area contributed by atoms with Gasteiger partial charge in [0.05, 0.1) is 6.07 Å². The molecule has 0 rings (SSSR count). The van der Waals surface area contributed by atoms with Gasteiger partial charge in [0.25, 0.3) is 0 Å². The Bertz CT molecular complexity index is 48.8. The van der Waals surface area contributed by atoms with Gasteiger partial charge in [-0.2, -0.15) is 5.26 Å². The van der Waals surface area contributed by atoms with E-state index in [0.717, 1.165) is 0 Å². The molecule has 4 heavy (non-hydrogen) atoms. The fourth-order valence-corrected chi connectivity index (χ4v) is 0. The molecule has 0 fully saturated rings. The quantitative estimate of drug-likeness (QED) is 0.372. The van der Waals surface area contributed by atoms with Crippen LogP contribution in [0.3, 0.4) is 0 Å². The van der Waals surface area contributed by atoms with E-state index in [2.05, 4.69) is 6.58 Å². The summed E-state index contributed by atoms with van der Waals surface area (Å²) in [4.78, 5) is 0. The molecule has 0 aliphatic carbocycles. The summed E-state index contributed by atoms with van der Waals surface area (Å²) in [5.74, 6) is 0. The molecule has 0 radical (unpaired) electrons.